The van der Waals surface area contributed by atoms with Crippen molar-refractivity contribution in [2.75, 3.05) is 11.1 Å². The van der Waals surface area contributed by atoms with Crippen LogP contribution in [0.3, 0.4) is 0 Å². The first-order chi connectivity index (χ1) is 14.1. The number of thioether (sulfide) groups is 1. The summed E-state index contributed by atoms with van der Waals surface area (Å²) in [5.41, 5.74) is 0. The number of rotatable bonds is 10. The Morgan fingerprint density at radius 2 is 2.10 bits per heavy atom. The second-order valence-electron chi connectivity index (χ2n) is 5.73. The minimum absolute atomic E-state index is 0.175. The molecule has 0 saturated heterocycles. The van der Waals surface area contributed by atoms with E-state index in [1.54, 1.807) is 30.3 Å². The molecule has 0 fully saturated rings. The van der Waals surface area contributed by atoms with Crippen LogP contribution in [-0.2, 0) is 24.4 Å². The number of carbonyl (C=O) groups is 1. The van der Waals surface area contributed by atoms with Gasteiger partial charge in [-0.25, -0.2) is 0 Å². The van der Waals surface area contributed by atoms with Crippen LogP contribution in [0.25, 0.3) is 0 Å². The zero-order valence-electron chi connectivity index (χ0n) is 15.7. The van der Waals surface area contributed by atoms with Crippen molar-refractivity contribution in [3.63, 3.8) is 0 Å². The quantitative estimate of drug-likeness (QED) is 0.370. The number of ether oxygens (including phenoxy) is 1. The lowest BCUT2D eigenvalue weighted by molar-refractivity contribution is -0.113. The van der Waals surface area contributed by atoms with Crippen LogP contribution >= 0.6 is 34.7 Å². The molecule has 152 valence electrons. The Morgan fingerprint density at radius 3 is 2.79 bits per heavy atom. The highest BCUT2D eigenvalue weighted by molar-refractivity contribution is 7.99. The molecule has 0 bridgehead atoms. The van der Waals surface area contributed by atoms with Crippen molar-refractivity contribution in [1.82, 2.24) is 25.0 Å². The fourth-order valence-corrected chi connectivity index (χ4v) is 3.84. The molecule has 2 aromatic heterocycles. The summed E-state index contributed by atoms with van der Waals surface area (Å²) >= 11 is 8.54. The lowest BCUT2D eigenvalue weighted by atomic mass is 10.3. The average molecular weight is 451 g/mol. The van der Waals surface area contributed by atoms with E-state index in [0.717, 1.165) is 11.4 Å². The number of nitrogens with one attached hydrogen (secondary N) is 1. The van der Waals surface area contributed by atoms with Crippen molar-refractivity contribution >= 4 is 45.7 Å². The molecule has 11 heteroatoms. The average Bonchev–Trinajstić information content (AvgIpc) is 3.33. The monoisotopic (exact) mass is 450 g/mol. The summed E-state index contributed by atoms with van der Waals surface area (Å²) in [5, 5.41) is 21.7. The highest BCUT2D eigenvalue weighted by Crippen LogP contribution is 2.21. The Labute approximate surface area is 181 Å². The standard InChI is InChI=1S/C18H19ClN6O2S2/c1-3-9-25-14(10-27-13-7-5-12(19)6-8-13)21-24-18(25)28-11-15(26)20-17-23-22-16(4-2)29-17/h3,5-8H,1,4,9-11H2,2H3,(H,20,23,26). The van der Waals surface area contributed by atoms with E-state index in [9.17, 15) is 4.79 Å². The molecule has 2 heterocycles. The summed E-state index contributed by atoms with van der Waals surface area (Å²) in [5.74, 6) is 1.31. The predicted molar refractivity (Wildman–Crippen MR) is 115 cm³/mol. The highest BCUT2D eigenvalue weighted by Gasteiger charge is 2.15. The Bertz CT molecular complexity index is 973. The van der Waals surface area contributed by atoms with Gasteiger partial charge in [-0.15, -0.1) is 27.0 Å². The lowest BCUT2D eigenvalue weighted by Gasteiger charge is -2.09. The van der Waals surface area contributed by atoms with E-state index in [1.807, 2.05) is 11.5 Å². The first kappa shape index (κ1) is 21.3. The molecule has 1 N–H and O–H groups in total. The van der Waals surface area contributed by atoms with Crippen LogP contribution in [0.4, 0.5) is 5.13 Å². The molecule has 0 atom stereocenters. The summed E-state index contributed by atoms with van der Waals surface area (Å²) in [6.45, 7) is 6.50. The van der Waals surface area contributed by atoms with Gasteiger partial charge in [0.05, 0.1) is 5.75 Å². The van der Waals surface area contributed by atoms with Crippen molar-refractivity contribution in [1.29, 1.82) is 0 Å². The van der Waals surface area contributed by atoms with Crippen LogP contribution in [0.1, 0.15) is 17.8 Å². The lowest BCUT2D eigenvalue weighted by Crippen LogP contribution is -2.15. The molecule has 1 aromatic carbocycles. The van der Waals surface area contributed by atoms with Gasteiger partial charge >= 0.3 is 0 Å². The Morgan fingerprint density at radius 1 is 1.31 bits per heavy atom. The zero-order valence-corrected chi connectivity index (χ0v) is 18.1. The molecule has 0 aliphatic carbocycles. The van der Waals surface area contributed by atoms with Crippen molar-refractivity contribution in [2.24, 2.45) is 0 Å². The third-order valence-corrected chi connectivity index (χ3v) is 5.84. The SMILES string of the molecule is C=CCn1c(COc2ccc(Cl)cc2)nnc1SCC(=O)Nc1nnc(CC)s1. The van der Waals surface area contributed by atoms with E-state index < -0.39 is 0 Å². The summed E-state index contributed by atoms with van der Waals surface area (Å²) in [6, 6.07) is 7.08. The van der Waals surface area contributed by atoms with Gasteiger partial charge in [-0.05, 0) is 30.7 Å². The topological polar surface area (TPSA) is 94.8 Å². The molecular weight excluding hydrogens is 432 g/mol. The third kappa shape index (κ3) is 6.02. The predicted octanol–water partition coefficient (Wildman–Crippen LogP) is 3.84. The summed E-state index contributed by atoms with van der Waals surface area (Å²) in [6.07, 6.45) is 2.53. The van der Waals surface area contributed by atoms with Gasteiger partial charge in [0.2, 0.25) is 11.0 Å². The largest absolute Gasteiger partial charge is 0.486 e. The number of allylic oxidation sites excluding steroid dienone is 1. The third-order valence-electron chi connectivity index (χ3n) is 3.63. The van der Waals surface area contributed by atoms with Crippen LogP contribution in [0, 0.1) is 0 Å². The molecule has 29 heavy (non-hydrogen) atoms. The number of carbonyl (C=O) groups excluding carboxylic acids is 1. The van der Waals surface area contributed by atoms with Crippen molar-refractivity contribution in [3.05, 3.63) is 52.8 Å². The number of aromatic nitrogens is 5. The van der Waals surface area contributed by atoms with Crippen LogP contribution in [-0.4, -0.2) is 36.6 Å². The number of benzene rings is 1. The van der Waals surface area contributed by atoms with Gasteiger partial charge in [-0.1, -0.05) is 47.7 Å². The van der Waals surface area contributed by atoms with Gasteiger partial charge in [0.25, 0.3) is 0 Å². The minimum Gasteiger partial charge on any atom is -0.486 e. The Kier molecular flexibility index (Phi) is 7.62. The molecule has 0 unspecified atom stereocenters. The zero-order chi connectivity index (χ0) is 20.6. The van der Waals surface area contributed by atoms with E-state index in [2.05, 4.69) is 32.3 Å². The number of anilines is 1. The van der Waals surface area contributed by atoms with E-state index in [-0.39, 0.29) is 18.3 Å². The van der Waals surface area contributed by atoms with Gasteiger partial charge < -0.3 is 4.74 Å². The Hall–Kier alpha value is -2.43. The van der Waals surface area contributed by atoms with E-state index in [1.165, 1.54) is 23.1 Å². The molecule has 0 aliphatic rings. The summed E-state index contributed by atoms with van der Waals surface area (Å²) in [7, 11) is 0. The fraction of sp³-hybridized carbons (Fsp3) is 0.278. The van der Waals surface area contributed by atoms with Gasteiger partial charge in [0.1, 0.15) is 17.4 Å². The van der Waals surface area contributed by atoms with Crippen LogP contribution in [0.2, 0.25) is 5.02 Å². The second kappa shape index (κ2) is 10.4. The molecule has 8 nitrogen and oxygen atoms in total. The summed E-state index contributed by atoms with van der Waals surface area (Å²) in [4.78, 5) is 12.2. The van der Waals surface area contributed by atoms with Crippen molar-refractivity contribution in [3.8, 4) is 5.75 Å². The number of aryl methyl sites for hydroxylation is 1. The van der Waals surface area contributed by atoms with Crippen molar-refractivity contribution < 1.29 is 9.53 Å². The molecule has 3 aromatic rings. The van der Waals surface area contributed by atoms with Crippen LogP contribution in [0.5, 0.6) is 5.75 Å². The van der Waals surface area contributed by atoms with E-state index in [4.69, 9.17) is 16.3 Å². The van der Waals surface area contributed by atoms with Crippen LogP contribution in [0.15, 0.2) is 42.1 Å². The first-order valence-electron chi connectivity index (χ1n) is 8.75. The van der Waals surface area contributed by atoms with E-state index >= 15 is 0 Å². The maximum atomic E-state index is 12.2. The van der Waals surface area contributed by atoms with Gasteiger partial charge in [0.15, 0.2) is 11.0 Å². The molecule has 0 radical (unpaired) electrons. The first-order valence-corrected chi connectivity index (χ1v) is 10.9. The second-order valence-corrected chi connectivity index (χ2v) is 8.17. The number of amides is 1. The van der Waals surface area contributed by atoms with Crippen molar-refractivity contribution in [2.45, 2.75) is 31.7 Å². The number of halogens is 1. The fourth-order valence-electron chi connectivity index (χ4n) is 2.26. The summed E-state index contributed by atoms with van der Waals surface area (Å²) < 4.78 is 7.61. The van der Waals surface area contributed by atoms with Gasteiger partial charge in [-0.3, -0.25) is 14.7 Å². The van der Waals surface area contributed by atoms with Crippen LogP contribution < -0.4 is 10.1 Å². The normalized spacial score (nSPS) is 10.7. The molecule has 0 aliphatic heterocycles. The maximum Gasteiger partial charge on any atom is 0.236 e. The molecule has 1 amide bonds. The van der Waals surface area contributed by atoms with E-state index in [0.29, 0.717) is 33.4 Å². The van der Waals surface area contributed by atoms with Gasteiger partial charge in [0, 0.05) is 11.6 Å². The maximum absolute atomic E-state index is 12.2. The Balaban J connectivity index is 1.59. The number of nitrogens with zero attached hydrogens (tertiary/aromatic N) is 5. The smallest absolute Gasteiger partial charge is 0.236 e. The molecule has 0 spiro atoms. The number of hydrogen-bond acceptors (Lipinski definition) is 8. The highest BCUT2D eigenvalue weighted by atomic mass is 35.5. The molecule has 3 rings (SSSR count). The molecule has 0 saturated carbocycles. The molecular formula is C18H19ClN6O2S2. The number of hydrogen-bond donors (Lipinski definition) is 1. The minimum atomic E-state index is -0.180. The van der Waals surface area contributed by atoms with Gasteiger partial charge in [-0.2, -0.15) is 0 Å².